The molecule has 1 aliphatic carbocycles. The number of hydrogen-bond acceptors (Lipinski definition) is 4. The van der Waals surface area contributed by atoms with E-state index < -0.39 is 6.10 Å². The number of halogens is 1. The van der Waals surface area contributed by atoms with Gasteiger partial charge in [-0.1, -0.05) is 49.6 Å². The van der Waals surface area contributed by atoms with Gasteiger partial charge in [-0.15, -0.1) is 24.0 Å². The van der Waals surface area contributed by atoms with Crippen LogP contribution in [0.25, 0.3) is 0 Å². The van der Waals surface area contributed by atoms with Crippen LogP contribution in [-0.2, 0) is 11.2 Å². The van der Waals surface area contributed by atoms with Gasteiger partial charge in [0, 0.05) is 38.1 Å². The molecule has 1 atom stereocenters. The average Bonchev–Trinajstić information content (AvgIpc) is 2.77. The summed E-state index contributed by atoms with van der Waals surface area (Å²) in [6.07, 6.45) is 6.53. The molecule has 1 aromatic carbocycles. The Balaban J connectivity index is 0.00000320. The molecule has 2 fully saturated rings. The van der Waals surface area contributed by atoms with Crippen LogP contribution in [0.15, 0.2) is 35.3 Å². The molecule has 170 valence electrons. The molecule has 0 spiro atoms. The van der Waals surface area contributed by atoms with Crippen molar-refractivity contribution in [3.05, 3.63) is 35.9 Å². The van der Waals surface area contributed by atoms with Gasteiger partial charge in [-0.05, 0) is 25.3 Å². The fraction of sp³-hybridized carbons (Fsp3) is 0.696. The summed E-state index contributed by atoms with van der Waals surface area (Å²) in [4.78, 5) is 7.58. The Morgan fingerprint density at radius 2 is 1.83 bits per heavy atom. The van der Waals surface area contributed by atoms with Crippen molar-refractivity contribution in [3.63, 3.8) is 0 Å². The van der Waals surface area contributed by atoms with Crippen molar-refractivity contribution >= 4 is 29.9 Å². The minimum Gasteiger partial charge on any atom is -0.391 e. The number of benzene rings is 1. The zero-order valence-electron chi connectivity index (χ0n) is 18.3. The van der Waals surface area contributed by atoms with Crippen LogP contribution in [0.3, 0.4) is 0 Å². The third kappa shape index (κ3) is 7.66. The molecular weight excluding hydrogens is 491 g/mol. The van der Waals surface area contributed by atoms with Gasteiger partial charge in [-0.3, -0.25) is 9.89 Å². The molecule has 6 nitrogen and oxygen atoms in total. The molecule has 0 bridgehead atoms. The maximum absolute atomic E-state index is 10.4. The summed E-state index contributed by atoms with van der Waals surface area (Å²) in [6.45, 7) is 7.86. The zero-order chi connectivity index (χ0) is 20.4. The smallest absolute Gasteiger partial charge is 0.191 e. The fourth-order valence-corrected chi connectivity index (χ4v) is 4.56. The first-order valence-corrected chi connectivity index (χ1v) is 11.3. The number of aliphatic hydroxyl groups is 1. The maximum atomic E-state index is 10.4. The van der Waals surface area contributed by atoms with Crippen molar-refractivity contribution in [2.45, 2.75) is 57.1 Å². The minimum absolute atomic E-state index is 0. The van der Waals surface area contributed by atoms with Gasteiger partial charge in [-0.25, -0.2) is 0 Å². The molecule has 1 aromatic rings. The van der Waals surface area contributed by atoms with Crippen LogP contribution in [0.5, 0.6) is 0 Å². The number of aliphatic hydroxyl groups excluding tert-OH is 1. The molecule has 0 aromatic heterocycles. The number of hydrogen-bond donors (Lipinski definition) is 3. The van der Waals surface area contributed by atoms with E-state index in [1.807, 2.05) is 18.2 Å². The second kappa shape index (κ2) is 13.5. The zero-order valence-corrected chi connectivity index (χ0v) is 20.6. The molecule has 0 radical (unpaired) electrons. The van der Waals surface area contributed by atoms with E-state index in [0.717, 1.165) is 50.9 Å². The highest BCUT2D eigenvalue weighted by atomic mass is 127. The number of nitrogens with zero attached hydrogens (tertiary/aromatic N) is 2. The van der Waals surface area contributed by atoms with Gasteiger partial charge < -0.3 is 20.5 Å². The van der Waals surface area contributed by atoms with E-state index in [4.69, 9.17) is 9.73 Å². The van der Waals surface area contributed by atoms with Gasteiger partial charge in [-0.2, -0.15) is 0 Å². The van der Waals surface area contributed by atoms with Gasteiger partial charge in [0.15, 0.2) is 5.96 Å². The Hall–Kier alpha value is -0.900. The standard InChI is InChI=1S/C23H38N4O2.HI/c1-2-24-22(25-18-21(28)17-20-9-5-3-6-10-20)26-19-23(11-7-4-8-12-23)27-13-15-29-16-14-27;/h3,5-6,9-10,21,28H,2,4,7-8,11-19H2,1H3,(H2,24,25,26);1H. The first kappa shape index (κ1) is 25.4. The van der Waals surface area contributed by atoms with Crippen molar-refractivity contribution < 1.29 is 9.84 Å². The molecule has 30 heavy (non-hydrogen) atoms. The molecule has 2 aliphatic rings. The predicted molar refractivity (Wildman–Crippen MR) is 134 cm³/mol. The van der Waals surface area contributed by atoms with Crippen LogP contribution in [0.1, 0.15) is 44.6 Å². The van der Waals surface area contributed by atoms with Crippen LogP contribution in [0.2, 0.25) is 0 Å². The Morgan fingerprint density at radius 1 is 1.13 bits per heavy atom. The van der Waals surface area contributed by atoms with Crippen molar-refractivity contribution in [1.82, 2.24) is 15.5 Å². The molecule has 1 unspecified atom stereocenters. The topological polar surface area (TPSA) is 69.1 Å². The molecular formula is C23H39IN4O2. The van der Waals surface area contributed by atoms with E-state index in [0.29, 0.717) is 13.0 Å². The van der Waals surface area contributed by atoms with E-state index in [2.05, 4.69) is 34.6 Å². The fourth-order valence-electron chi connectivity index (χ4n) is 4.56. The minimum atomic E-state index is -0.441. The summed E-state index contributed by atoms with van der Waals surface area (Å²) >= 11 is 0. The van der Waals surface area contributed by atoms with Gasteiger partial charge >= 0.3 is 0 Å². The summed E-state index contributed by atoms with van der Waals surface area (Å²) in [6, 6.07) is 10.1. The molecule has 1 saturated carbocycles. The number of nitrogens with one attached hydrogen (secondary N) is 2. The quantitative estimate of drug-likeness (QED) is 0.274. The highest BCUT2D eigenvalue weighted by molar-refractivity contribution is 14.0. The Kier molecular flexibility index (Phi) is 11.4. The average molecular weight is 530 g/mol. The number of morpholine rings is 1. The van der Waals surface area contributed by atoms with E-state index >= 15 is 0 Å². The molecule has 0 amide bonds. The van der Waals surface area contributed by atoms with Crippen molar-refractivity contribution in [2.24, 2.45) is 4.99 Å². The van der Waals surface area contributed by atoms with E-state index in [9.17, 15) is 5.11 Å². The van der Waals surface area contributed by atoms with E-state index in [1.165, 1.54) is 32.1 Å². The molecule has 3 rings (SSSR count). The summed E-state index contributed by atoms with van der Waals surface area (Å²) in [7, 11) is 0. The third-order valence-corrected chi connectivity index (χ3v) is 6.16. The number of rotatable bonds is 8. The second-order valence-corrected chi connectivity index (χ2v) is 8.30. The lowest BCUT2D eigenvalue weighted by molar-refractivity contribution is -0.0333. The molecule has 3 N–H and O–H groups in total. The number of ether oxygens (including phenoxy) is 1. The normalized spacial score (nSPS) is 20.8. The Morgan fingerprint density at radius 3 is 2.50 bits per heavy atom. The highest BCUT2D eigenvalue weighted by Crippen LogP contribution is 2.34. The molecule has 1 saturated heterocycles. The molecule has 1 aliphatic heterocycles. The predicted octanol–water partition coefficient (Wildman–Crippen LogP) is 2.80. The second-order valence-electron chi connectivity index (χ2n) is 8.30. The summed E-state index contributed by atoms with van der Waals surface area (Å²) in [5.74, 6) is 0.804. The Labute approximate surface area is 198 Å². The summed E-state index contributed by atoms with van der Waals surface area (Å²) < 4.78 is 5.58. The maximum Gasteiger partial charge on any atom is 0.191 e. The SMILES string of the molecule is CCNC(=NCC1(N2CCOCC2)CCCCC1)NCC(O)Cc1ccccc1.I. The van der Waals surface area contributed by atoms with Crippen LogP contribution in [0.4, 0.5) is 0 Å². The van der Waals surface area contributed by atoms with Crippen LogP contribution in [0, 0.1) is 0 Å². The lowest BCUT2D eigenvalue weighted by Crippen LogP contribution is -2.56. The number of aliphatic imine (C=N–C) groups is 1. The largest absolute Gasteiger partial charge is 0.391 e. The highest BCUT2D eigenvalue weighted by Gasteiger charge is 2.38. The monoisotopic (exact) mass is 530 g/mol. The van der Waals surface area contributed by atoms with Crippen molar-refractivity contribution in [1.29, 1.82) is 0 Å². The van der Waals surface area contributed by atoms with Gasteiger partial charge in [0.25, 0.3) is 0 Å². The van der Waals surface area contributed by atoms with Gasteiger partial charge in [0.2, 0.25) is 0 Å². The van der Waals surface area contributed by atoms with Crippen LogP contribution >= 0.6 is 24.0 Å². The molecule has 1 heterocycles. The third-order valence-electron chi connectivity index (χ3n) is 6.16. The van der Waals surface area contributed by atoms with Crippen molar-refractivity contribution in [2.75, 3.05) is 45.9 Å². The first-order chi connectivity index (χ1) is 14.2. The van der Waals surface area contributed by atoms with E-state index in [-0.39, 0.29) is 29.5 Å². The van der Waals surface area contributed by atoms with Gasteiger partial charge in [0.05, 0.1) is 25.9 Å². The lowest BCUT2D eigenvalue weighted by Gasteiger charge is -2.47. The first-order valence-electron chi connectivity index (χ1n) is 11.3. The molecule has 7 heteroatoms. The summed E-state index contributed by atoms with van der Waals surface area (Å²) in [5, 5.41) is 17.1. The van der Waals surface area contributed by atoms with Crippen LogP contribution < -0.4 is 10.6 Å². The number of guanidine groups is 1. The van der Waals surface area contributed by atoms with E-state index in [1.54, 1.807) is 0 Å². The van der Waals surface area contributed by atoms with Gasteiger partial charge in [0.1, 0.15) is 0 Å². The Bertz CT molecular complexity index is 617. The lowest BCUT2D eigenvalue weighted by atomic mass is 9.80. The van der Waals surface area contributed by atoms with Crippen LogP contribution in [-0.4, -0.2) is 73.5 Å². The summed E-state index contributed by atoms with van der Waals surface area (Å²) in [5.41, 5.74) is 1.31. The van der Waals surface area contributed by atoms with Crippen molar-refractivity contribution in [3.8, 4) is 0 Å².